The van der Waals surface area contributed by atoms with Crippen molar-refractivity contribution < 1.29 is 23.7 Å². The number of aliphatic hydroxyl groups is 1. The van der Waals surface area contributed by atoms with Gasteiger partial charge in [0.2, 0.25) is 0 Å². The molecule has 30 heavy (non-hydrogen) atoms. The molecular weight excluding hydrogens is 412 g/mol. The van der Waals surface area contributed by atoms with Gasteiger partial charge in [0.1, 0.15) is 6.61 Å². The minimum atomic E-state index is -1.86. The van der Waals surface area contributed by atoms with Crippen LogP contribution in [0.15, 0.2) is 39.8 Å². The fourth-order valence-electron chi connectivity index (χ4n) is 3.67. The number of nitrogens with zero attached hydrogens (tertiary/aromatic N) is 2. The van der Waals surface area contributed by atoms with Crippen molar-refractivity contribution in [1.29, 1.82) is 0 Å². The van der Waals surface area contributed by atoms with Gasteiger partial charge < -0.3 is 19.1 Å². The highest BCUT2D eigenvalue weighted by molar-refractivity contribution is 6.13. The number of rotatable bonds is 7. The molecule has 162 valence electrons. The maximum absolute atomic E-state index is 13.1. The number of carbonyl (C=O) groups is 1. The van der Waals surface area contributed by atoms with Gasteiger partial charge in [0.25, 0.3) is 5.56 Å². The van der Waals surface area contributed by atoms with E-state index in [-0.39, 0.29) is 49.2 Å². The molecule has 0 aromatic carbocycles. The molecule has 2 atom stereocenters. The van der Waals surface area contributed by atoms with E-state index < -0.39 is 11.6 Å². The lowest BCUT2D eigenvalue weighted by Crippen LogP contribution is -2.44. The molecule has 0 saturated heterocycles. The van der Waals surface area contributed by atoms with Crippen molar-refractivity contribution in [2.24, 2.45) is 4.99 Å². The van der Waals surface area contributed by atoms with Crippen molar-refractivity contribution >= 4 is 23.5 Å². The summed E-state index contributed by atoms with van der Waals surface area (Å²) in [5, 5.41) is 10.9. The van der Waals surface area contributed by atoms with Crippen molar-refractivity contribution in [1.82, 2.24) is 4.57 Å². The third kappa shape index (κ3) is 3.88. The molecule has 1 aromatic rings. The number of aromatic nitrogens is 1. The van der Waals surface area contributed by atoms with Crippen molar-refractivity contribution in [3.8, 4) is 0 Å². The van der Waals surface area contributed by atoms with Gasteiger partial charge in [0.15, 0.2) is 12.4 Å². The van der Waals surface area contributed by atoms with Gasteiger partial charge in [-0.05, 0) is 37.5 Å². The van der Waals surface area contributed by atoms with Crippen LogP contribution in [0.1, 0.15) is 50.4 Å². The topological polar surface area (TPSA) is 99.4 Å². The number of hydrogen-bond donors (Lipinski definition) is 1. The van der Waals surface area contributed by atoms with E-state index in [0.717, 1.165) is 5.70 Å². The van der Waals surface area contributed by atoms with Gasteiger partial charge >= 0.3 is 5.97 Å². The van der Waals surface area contributed by atoms with E-state index in [1.165, 1.54) is 0 Å². The zero-order chi connectivity index (χ0) is 22.1. The molecule has 1 unspecified atom stereocenters. The summed E-state index contributed by atoms with van der Waals surface area (Å²) in [6.07, 6.45) is 2.25. The van der Waals surface area contributed by atoms with Crippen LogP contribution in [-0.2, 0) is 37.3 Å². The molecular formula is C21H25ClN2O6. The van der Waals surface area contributed by atoms with Crippen LogP contribution < -0.4 is 5.56 Å². The summed E-state index contributed by atoms with van der Waals surface area (Å²) < 4.78 is 16.4. The summed E-state index contributed by atoms with van der Waals surface area (Å²) in [5.74, 6) is -0.751. The van der Waals surface area contributed by atoms with Crippen molar-refractivity contribution in [2.45, 2.75) is 58.5 Å². The molecule has 8 nitrogen and oxygen atoms in total. The molecule has 0 bridgehead atoms. The first-order chi connectivity index (χ1) is 14.3. The monoisotopic (exact) mass is 436 g/mol. The lowest BCUT2D eigenvalue weighted by Gasteiger charge is -2.31. The minimum absolute atomic E-state index is 0.0600. The number of halogens is 1. The summed E-state index contributed by atoms with van der Waals surface area (Å²) >= 11 is 5.18. The lowest BCUT2D eigenvalue weighted by molar-refractivity contribution is -0.172. The summed E-state index contributed by atoms with van der Waals surface area (Å²) in [4.78, 5) is 30.0. The Bertz CT molecular complexity index is 996. The third-order valence-corrected chi connectivity index (χ3v) is 5.48. The van der Waals surface area contributed by atoms with Crippen LogP contribution in [0, 0.1) is 0 Å². The Kier molecular flexibility index (Phi) is 6.62. The molecule has 1 aromatic heterocycles. The van der Waals surface area contributed by atoms with Gasteiger partial charge in [0.05, 0.1) is 41.5 Å². The maximum Gasteiger partial charge on any atom is 0.343 e. The second-order valence-corrected chi connectivity index (χ2v) is 7.50. The maximum atomic E-state index is 13.1. The van der Waals surface area contributed by atoms with E-state index in [4.69, 9.17) is 26.3 Å². The van der Waals surface area contributed by atoms with Crippen molar-refractivity contribution in [3.05, 3.63) is 57.2 Å². The van der Waals surface area contributed by atoms with Crippen LogP contribution >= 0.6 is 11.9 Å². The Morgan fingerprint density at radius 2 is 2.23 bits per heavy atom. The van der Waals surface area contributed by atoms with E-state index in [2.05, 4.69) is 10.9 Å². The largest absolute Gasteiger partial charge is 0.458 e. The molecule has 0 spiro atoms. The Hall–Kier alpha value is -2.26. The highest BCUT2D eigenvalue weighted by Crippen LogP contribution is 2.35. The normalized spacial score (nSPS) is 23.4. The van der Waals surface area contributed by atoms with Crippen LogP contribution in [0.25, 0.3) is 0 Å². The second kappa shape index (κ2) is 8.85. The first-order valence-electron chi connectivity index (χ1n) is 9.76. The summed E-state index contributed by atoms with van der Waals surface area (Å²) in [6, 6.07) is 1.66. The predicted molar refractivity (Wildman–Crippen MR) is 111 cm³/mol. The fraction of sp³-hybridized carbons (Fsp3) is 0.476. The number of allylic oxidation sites excluding steroid dienone is 2. The zero-order valence-electron chi connectivity index (χ0n) is 17.2. The number of aliphatic imine (C=N–C) groups is 1. The van der Waals surface area contributed by atoms with Crippen LogP contribution in [0.3, 0.4) is 0 Å². The number of hydrogen-bond acceptors (Lipinski definition) is 7. The first-order valence-corrected chi connectivity index (χ1v) is 10.1. The molecule has 3 heterocycles. The molecule has 0 fully saturated rings. The van der Waals surface area contributed by atoms with E-state index in [1.54, 1.807) is 17.6 Å². The Balaban J connectivity index is 2.11. The lowest BCUT2D eigenvalue weighted by atomic mass is 9.86. The number of carbonyl (C=O) groups excluding carboxylic acids is 1. The molecule has 2 aliphatic rings. The standard InChI is InChI=1S/C21H25ClN2O6/c1-5-14(7-13(4)29-11-30-22)23-18-12(3)9-24-17(18)8-16-15(19(24)25)10-28-20(26)21(16,27)6-2/h7-8,13,27H,3,5-6,9-11H2,1-2,4H3/b14-7+,23-18+/t13?,21-/m0/s1. The molecule has 0 aliphatic carbocycles. The molecule has 3 rings (SSSR count). The molecule has 9 heteroatoms. The molecule has 0 amide bonds. The van der Waals surface area contributed by atoms with Crippen LogP contribution in [-0.4, -0.2) is 34.3 Å². The zero-order valence-corrected chi connectivity index (χ0v) is 18.0. The predicted octanol–water partition coefficient (Wildman–Crippen LogP) is 2.69. The quantitative estimate of drug-likeness (QED) is 0.521. The van der Waals surface area contributed by atoms with E-state index in [1.807, 2.05) is 19.9 Å². The van der Waals surface area contributed by atoms with Gasteiger partial charge in [-0.1, -0.05) is 20.4 Å². The van der Waals surface area contributed by atoms with Gasteiger partial charge in [-0.2, -0.15) is 0 Å². The minimum Gasteiger partial charge on any atom is -0.458 e. The van der Waals surface area contributed by atoms with E-state index in [0.29, 0.717) is 23.4 Å². The number of ether oxygens (including phenoxy) is 2. The average Bonchev–Trinajstić information content (AvgIpc) is 3.04. The smallest absolute Gasteiger partial charge is 0.343 e. The van der Waals surface area contributed by atoms with Gasteiger partial charge in [-0.25, -0.2) is 4.79 Å². The number of pyridine rings is 1. The molecule has 0 saturated carbocycles. The van der Waals surface area contributed by atoms with Gasteiger partial charge in [0, 0.05) is 11.3 Å². The third-order valence-electron chi connectivity index (χ3n) is 5.39. The molecule has 1 N–H and O–H groups in total. The van der Waals surface area contributed by atoms with E-state index >= 15 is 0 Å². The SMILES string of the molecule is C=C1Cn2c(cc3c(c2=O)COC(=O)[C@]3(O)CC)/C1=N/C(=C/C(C)OCOCl)CC. The Morgan fingerprint density at radius 3 is 2.87 bits per heavy atom. The van der Waals surface area contributed by atoms with Crippen molar-refractivity contribution in [2.75, 3.05) is 6.79 Å². The molecule has 2 aliphatic heterocycles. The summed E-state index contributed by atoms with van der Waals surface area (Å²) in [7, 11) is 0. The second-order valence-electron chi connectivity index (χ2n) is 7.28. The van der Waals surface area contributed by atoms with Crippen LogP contribution in [0.2, 0.25) is 0 Å². The highest BCUT2D eigenvalue weighted by atomic mass is 35.5. The Labute approximate surface area is 179 Å². The number of fused-ring (bicyclic) bond motifs is 2. The number of cyclic esters (lactones) is 1. The fourth-order valence-corrected chi connectivity index (χ4v) is 3.72. The first kappa shape index (κ1) is 22.4. The van der Waals surface area contributed by atoms with Gasteiger partial charge in [-0.3, -0.25) is 14.1 Å². The summed E-state index contributed by atoms with van der Waals surface area (Å²) in [6.45, 7) is 9.56. The average molecular weight is 437 g/mol. The summed E-state index contributed by atoms with van der Waals surface area (Å²) in [5.41, 5.74) is 0.847. The van der Waals surface area contributed by atoms with E-state index in [9.17, 15) is 14.7 Å². The van der Waals surface area contributed by atoms with Crippen LogP contribution in [0.4, 0.5) is 0 Å². The Morgan fingerprint density at radius 1 is 1.50 bits per heavy atom. The van der Waals surface area contributed by atoms with Crippen LogP contribution in [0.5, 0.6) is 0 Å². The van der Waals surface area contributed by atoms with Gasteiger partial charge in [-0.15, -0.1) is 0 Å². The number of esters is 1. The van der Waals surface area contributed by atoms with Crippen molar-refractivity contribution in [3.63, 3.8) is 0 Å². The molecule has 0 radical (unpaired) electrons. The highest BCUT2D eigenvalue weighted by Gasteiger charge is 2.45.